The first-order valence-electron chi connectivity index (χ1n) is 8.74. The van der Waals surface area contributed by atoms with Gasteiger partial charge in [0.25, 0.3) is 0 Å². The minimum absolute atomic E-state index is 0.0880. The third-order valence-corrected chi connectivity index (χ3v) is 4.43. The van der Waals surface area contributed by atoms with Crippen molar-refractivity contribution in [3.63, 3.8) is 0 Å². The molecule has 0 spiro atoms. The van der Waals surface area contributed by atoms with Gasteiger partial charge in [-0.25, -0.2) is 9.97 Å². The van der Waals surface area contributed by atoms with E-state index in [0.717, 1.165) is 54.9 Å². The van der Waals surface area contributed by atoms with Gasteiger partial charge in [0.05, 0.1) is 24.1 Å². The van der Waals surface area contributed by atoms with Gasteiger partial charge in [0.1, 0.15) is 11.6 Å². The van der Waals surface area contributed by atoms with Crippen molar-refractivity contribution in [3.05, 3.63) is 12.0 Å². The van der Waals surface area contributed by atoms with Crippen molar-refractivity contribution in [2.45, 2.75) is 39.5 Å². The van der Waals surface area contributed by atoms with Crippen LogP contribution in [-0.4, -0.2) is 45.4 Å². The molecule has 24 heavy (non-hydrogen) atoms. The van der Waals surface area contributed by atoms with Crippen LogP contribution in [0, 0.1) is 5.92 Å². The van der Waals surface area contributed by atoms with Crippen LogP contribution < -0.4 is 4.90 Å². The van der Waals surface area contributed by atoms with Crippen molar-refractivity contribution in [3.8, 4) is 0 Å². The topological polar surface area (TPSA) is 73.1 Å². The van der Waals surface area contributed by atoms with E-state index < -0.39 is 0 Å². The Morgan fingerprint density at radius 1 is 1.38 bits per heavy atom. The van der Waals surface area contributed by atoms with Crippen LogP contribution >= 0.6 is 0 Å². The fourth-order valence-electron chi connectivity index (χ4n) is 3.25. The van der Waals surface area contributed by atoms with E-state index in [1.54, 1.807) is 4.68 Å². The minimum Gasteiger partial charge on any atom is -0.466 e. The number of anilines is 1. The average molecular weight is 331 g/mol. The van der Waals surface area contributed by atoms with E-state index in [4.69, 9.17) is 9.72 Å². The first kappa shape index (κ1) is 16.7. The number of nitrogens with zero attached hydrogens (tertiary/aromatic N) is 5. The van der Waals surface area contributed by atoms with Gasteiger partial charge in [0, 0.05) is 26.6 Å². The Bertz CT molecular complexity index is 727. The summed E-state index contributed by atoms with van der Waals surface area (Å²) >= 11 is 0. The van der Waals surface area contributed by atoms with E-state index in [1.807, 2.05) is 20.2 Å². The van der Waals surface area contributed by atoms with Crippen LogP contribution in [0.4, 0.5) is 5.82 Å². The number of aryl methyl sites for hydroxylation is 2. The molecule has 0 aromatic carbocycles. The Hall–Kier alpha value is -2.18. The molecule has 7 nitrogen and oxygen atoms in total. The number of aromatic nitrogens is 4. The minimum atomic E-state index is -0.104. The number of carbonyl (C=O) groups is 1. The molecular formula is C17H25N5O2. The summed E-state index contributed by atoms with van der Waals surface area (Å²) in [6.07, 6.45) is 5.47. The molecule has 0 aliphatic carbocycles. The molecular weight excluding hydrogens is 306 g/mol. The molecule has 130 valence electrons. The second kappa shape index (κ2) is 7.15. The highest BCUT2D eigenvalue weighted by Crippen LogP contribution is 2.28. The summed E-state index contributed by atoms with van der Waals surface area (Å²) in [5.74, 6) is 1.54. The van der Waals surface area contributed by atoms with E-state index in [-0.39, 0.29) is 11.9 Å². The van der Waals surface area contributed by atoms with Gasteiger partial charge in [-0.15, -0.1) is 0 Å². The number of ether oxygens (including phenoxy) is 1. The van der Waals surface area contributed by atoms with E-state index >= 15 is 0 Å². The maximum Gasteiger partial charge on any atom is 0.310 e. The number of hydrogen-bond donors (Lipinski definition) is 0. The van der Waals surface area contributed by atoms with Crippen molar-refractivity contribution in [2.75, 3.05) is 24.6 Å². The third-order valence-electron chi connectivity index (χ3n) is 4.43. The summed E-state index contributed by atoms with van der Waals surface area (Å²) in [5.41, 5.74) is 0.849. The molecule has 1 atom stereocenters. The maximum atomic E-state index is 12.1. The molecule has 7 heteroatoms. The average Bonchev–Trinajstić information content (AvgIpc) is 2.96. The first-order chi connectivity index (χ1) is 11.6. The van der Waals surface area contributed by atoms with Gasteiger partial charge in [-0.2, -0.15) is 5.10 Å². The van der Waals surface area contributed by atoms with Crippen LogP contribution in [0.2, 0.25) is 0 Å². The smallest absolute Gasteiger partial charge is 0.310 e. The molecule has 1 aliphatic rings. The second-order valence-corrected chi connectivity index (χ2v) is 6.26. The van der Waals surface area contributed by atoms with Gasteiger partial charge in [-0.1, -0.05) is 6.92 Å². The van der Waals surface area contributed by atoms with Crippen LogP contribution in [0.25, 0.3) is 11.0 Å². The summed E-state index contributed by atoms with van der Waals surface area (Å²) in [4.78, 5) is 23.7. The van der Waals surface area contributed by atoms with Gasteiger partial charge >= 0.3 is 5.97 Å². The largest absolute Gasteiger partial charge is 0.466 e. The zero-order valence-electron chi connectivity index (χ0n) is 14.7. The fourth-order valence-corrected chi connectivity index (χ4v) is 3.25. The van der Waals surface area contributed by atoms with Crippen molar-refractivity contribution < 1.29 is 9.53 Å². The van der Waals surface area contributed by atoms with Gasteiger partial charge < -0.3 is 9.64 Å². The van der Waals surface area contributed by atoms with Gasteiger partial charge in [0.15, 0.2) is 5.65 Å². The number of fused-ring (bicyclic) bond motifs is 1. The number of hydrogen-bond acceptors (Lipinski definition) is 6. The predicted molar refractivity (Wildman–Crippen MR) is 91.9 cm³/mol. The zero-order valence-corrected chi connectivity index (χ0v) is 14.7. The molecule has 1 aliphatic heterocycles. The molecule has 3 heterocycles. The monoisotopic (exact) mass is 331 g/mol. The Morgan fingerprint density at radius 2 is 2.21 bits per heavy atom. The van der Waals surface area contributed by atoms with Gasteiger partial charge in [-0.3, -0.25) is 9.48 Å². The SMILES string of the molecule is CCCc1nc(N2CCCC(C(=O)OCC)C2)c2cnn(C)c2n1. The Labute approximate surface area is 142 Å². The molecule has 1 fully saturated rings. The van der Waals surface area contributed by atoms with Crippen LogP contribution in [-0.2, 0) is 23.0 Å². The molecule has 1 unspecified atom stereocenters. The molecule has 0 radical (unpaired) electrons. The molecule has 0 N–H and O–H groups in total. The third kappa shape index (κ3) is 3.20. The fraction of sp³-hybridized carbons (Fsp3) is 0.647. The molecule has 1 saturated heterocycles. The van der Waals surface area contributed by atoms with Crippen LogP contribution in [0.3, 0.4) is 0 Å². The lowest BCUT2D eigenvalue weighted by atomic mass is 9.98. The summed E-state index contributed by atoms with van der Waals surface area (Å²) in [7, 11) is 1.90. The van der Waals surface area contributed by atoms with Gasteiger partial charge in [0.2, 0.25) is 0 Å². The Morgan fingerprint density at radius 3 is 2.96 bits per heavy atom. The van der Waals surface area contributed by atoms with Crippen molar-refractivity contribution in [2.24, 2.45) is 13.0 Å². The standard InChI is InChI=1S/C17H25N5O2/c1-4-7-14-19-15-13(10-18-21(15)3)16(20-14)22-9-6-8-12(11-22)17(23)24-5-2/h10,12H,4-9,11H2,1-3H3. The summed E-state index contributed by atoms with van der Waals surface area (Å²) in [6, 6.07) is 0. The maximum absolute atomic E-state index is 12.1. The van der Waals surface area contributed by atoms with E-state index in [9.17, 15) is 4.79 Å². The van der Waals surface area contributed by atoms with E-state index in [2.05, 4.69) is 21.9 Å². The highest BCUT2D eigenvalue weighted by atomic mass is 16.5. The zero-order chi connectivity index (χ0) is 17.1. The summed E-state index contributed by atoms with van der Waals surface area (Å²) < 4.78 is 6.99. The van der Waals surface area contributed by atoms with Crippen LogP contribution in [0.5, 0.6) is 0 Å². The van der Waals surface area contributed by atoms with Gasteiger partial charge in [-0.05, 0) is 26.2 Å². The Balaban J connectivity index is 1.94. The number of esters is 1. The van der Waals surface area contributed by atoms with Crippen LogP contribution in [0.15, 0.2) is 6.20 Å². The normalized spacial score (nSPS) is 18.1. The first-order valence-corrected chi connectivity index (χ1v) is 8.74. The van der Waals surface area contributed by atoms with E-state index in [1.165, 1.54) is 0 Å². The molecule has 2 aromatic heterocycles. The second-order valence-electron chi connectivity index (χ2n) is 6.26. The van der Waals surface area contributed by atoms with Crippen molar-refractivity contribution in [1.29, 1.82) is 0 Å². The molecule has 0 bridgehead atoms. The summed E-state index contributed by atoms with van der Waals surface area (Å²) in [5, 5.41) is 5.28. The lowest BCUT2D eigenvalue weighted by Crippen LogP contribution is -2.40. The highest BCUT2D eigenvalue weighted by molar-refractivity contribution is 5.87. The lowest BCUT2D eigenvalue weighted by Gasteiger charge is -2.32. The van der Waals surface area contributed by atoms with E-state index in [0.29, 0.717) is 13.2 Å². The predicted octanol–water partition coefficient (Wildman–Crippen LogP) is 2.10. The number of rotatable bonds is 5. The number of piperidine rings is 1. The molecule has 0 saturated carbocycles. The lowest BCUT2D eigenvalue weighted by molar-refractivity contribution is -0.148. The quantitative estimate of drug-likeness (QED) is 0.781. The van der Waals surface area contributed by atoms with Crippen molar-refractivity contribution >= 4 is 22.8 Å². The Kier molecular flexibility index (Phi) is 4.97. The highest BCUT2D eigenvalue weighted by Gasteiger charge is 2.29. The summed E-state index contributed by atoms with van der Waals surface area (Å²) in [6.45, 7) is 5.93. The molecule has 2 aromatic rings. The van der Waals surface area contributed by atoms with Crippen LogP contribution in [0.1, 0.15) is 38.9 Å². The molecule has 0 amide bonds. The number of carbonyl (C=O) groups excluding carboxylic acids is 1. The molecule has 3 rings (SSSR count). The van der Waals surface area contributed by atoms with Crippen molar-refractivity contribution in [1.82, 2.24) is 19.7 Å².